The normalized spacial score (nSPS) is 14.4. The predicted octanol–water partition coefficient (Wildman–Crippen LogP) is 6.29. The molecule has 0 aliphatic heterocycles. The summed E-state index contributed by atoms with van der Waals surface area (Å²) in [6.07, 6.45) is 5.26. The molecule has 0 saturated heterocycles. The maximum absolute atomic E-state index is 6.13. The Hall–Kier alpha value is -0.360. The van der Waals surface area contributed by atoms with Crippen molar-refractivity contribution in [2.24, 2.45) is 0 Å². The van der Waals surface area contributed by atoms with Gasteiger partial charge in [0.1, 0.15) is 0 Å². The molecule has 0 aliphatic carbocycles. The molecule has 0 aromatic rings. The highest BCUT2D eigenvalue weighted by atomic mass is 16.9. The first-order valence-electron chi connectivity index (χ1n) is 13.7. The van der Waals surface area contributed by atoms with Gasteiger partial charge >= 0.3 is 0 Å². The van der Waals surface area contributed by atoms with Gasteiger partial charge in [0.05, 0.1) is 0 Å². The predicted molar refractivity (Wildman–Crippen MR) is 134 cm³/mol. The molecule has 0 aliphatic rings. The Kier molecular flexibility index (Phi) is 21.5. The van der Waals surface area contributed by atoms with E-state index in [1.54, 1.807) is 0 Å². The molecule has 0 aromatic carbocycles. The molecule has 0 radical (unpaired) electrons. The smallest absolute Gasteiger partial charge is 0.285 e. The zero-order valence-corrected chi connectivity index (χ0v) is 23.7. The van der Waals surface area contributed by atoms with Crippen molar-refractivity contribution in [1.82, 2.24) is 0 Å². The first-order valence-corrected chi connectivity index (χ1v) is 13.7. The Balaban J connectivity index is 4.78. The van der Waals surface area contributed by atoms with Crippen LogP contribution in [0.3, 0.4) is 0 Å². The van der Waals surface area contributed by atoms with E-state index in [4.69, 9.17) is 42.6 Å². The van der Waals surface area contributed by atoms with E-state index in [1.807, 2.05) is 41.5 Å². The maximum atomic E-state index is 6.13. The van der Waals surface area contributed by atoms with E-state index >= 15 is 0 Å². The standard InChI is InChI=1S/C26H54O9/c1-9-17-19-25(30-13-5,31-14-6)34-23(11-3)28-21-27-22-29-24(12-4)35-26(32-15-7,33-16-8)20-18-10-2/h23-24H,9-22H2,1-8H3. The average molecular weight is 511 g/mol. The lowest BCUT2D eigenvalue weighted by molar-refractivity contribution is -0.430. The molecule has 0 bridgehead atoms. The lowest BCUT2D eigenvalue weighted by atomic mass is 10.2. The fourth-order valence-electron chi connectivity index (χ4n) is 3.45. The fourth-order valence-corrected chi connectivity index (χ4v) is 3.45. The summed E-state index contributed by atoms with van der Waals surface area (Å²) in [7, 11) is 0. The second-order valence-electron chi connectivity index (χ2n) is 7.99. The van der Waals surface area contributed by atoms with Crippen molar-refractivity contribution in [3.05, 3.63) is 0 Å². The van der Waals surface area contributed by atoms with Gasteiger partial charge in [-0.3, -0.25) is 9.47 Å². The molecule has 2 unspecified atom stereocenters. The molecular formula is C26H54O9. The van der Waals surface area contributed by atoms with E-state index in [-0.39, 0.29) is 13.6 Å². The summed E-state index contributed by atoms with van der Waals surface area (Å²) in [5.74, 6) is -2.23. The molecule has 9 nitrogen and oxygen atoms in total. The largest absolute Gasteiger partial charge is 0.329 e. The van der Waals surface area contributed by atoms with Gasteiger partial charge in [-0.1, -0.05) is 40.5 Å². The van der Waals surface area contributed by atoms with E-state index in [2.05, 4.69) is 13.8 Å². The van der Waals surface area contributed by atoms with Crippen LogP contribution in [0, 0.1) is 0 Å². The SMILES string of the molecule is CCCCC(OCC)(OCC)OC(CC)OCOCOC(CC)OC(CCCC)(OCC)OCC. The number of unbranched alkanes of at least 4 members (excludes halogenated alkanes) is 2. The quantitative estimate of drug-likeness (QED) is 0.0984. The van der Waals surface area contributed by atoms with Crippen LogP contribution in [-0.4, -0.2) is 64.5 Å². The van der Waals surface area contributed by atoms with E-state index in [0.29, 0.717) is 52.1 Å². The molecule has 212 valence electrons. The topological polar surface area (TPSA) is 83.1 Å². The third kappa shape index (κ3) is 14.8. The summed E-state index contributed by atoms with van der Waals surface area (Å²) in [5, 5.41) is 0. The van der Waals surface area contributed by atoms with Crippen molar-refractivity contribution in [3.8, 4) is 0 Å². The van der Waals surface area contributed by atoms with Crippen molar-refractivity contribution in [1.29, 1.82) is 0 Å². The summed E-state index contributed by atoms with van der Waals surface area (Å²) >= 11 is 0. The van der Waals surface area contributed by atoms with Crippen molar-refractivity contribution in [2.75, 3.05) is 40.0 Å². The number of ether oxygens (including phenoxy) is 9. The van der Waals surface area contributed by atoms with E-state index in [1.165, 1.54) is 0 Å². The third-order valence-electron chi connectivity index (χ3n) is 5.09. The molecule has 0 amide bonds. The van der Waals surface area contributed by atoms with Crippen LogP contribution in [0.4, 0.5) is 0 Å². The first-order chi connectivity index (χ1) is 16.9. The van der Waals surface area contributed by atoms with Crippen molar-refractivity contribution < 1.29 is 42.6 Å². The molecule has 0 rings (SSSR count). The van der Waals surface area contributed by atoms with Crippen molar-refractivity contribution in [2.45, 2.75) is 131 Å². The molecule has 0 N–H and O–H groups in total. The van der Waals surface area contributed by atoms with Crippen LogP contribution < -0.4 is 0 Å². The minimum Gasteiger partial charge on any atom is -0.329 e. The van der Waals surface area contributed by atoms with Crippen LogP contribution >= 0.6 is 0 Å². The minimum atomic E-state index is -1.11. The van der Waals surface area contributed by atoms with Crippen molar-refractivity contribution in [3.63, 3.8) is 0 Å². The zero-order valence-electron chi connectivity index (χ0n) is 23.7. The van der Waals surface area contributed by atoms with Gasteiger partial charge in [0.25, 0.3) is 11.9 Å². The highest BCUT2D eigenvalue weighted by molar-refractivity contribution is 4.61. The molecule has 0 heterocycles. The summed E-state index contributed by atoms with van der Waals surface area (Å²) in [6, 6.07) is 0. The lowest BCUT2D eigenvalue weighted by Crippen LogP contribution is -2.43. The van der Waals surface area contributed by atoms with Gasteiger partial charge in [-0.2, -0.15) is 0 Å². The Morgan fingerprint density at radius 3 is 1.11 bits per heavy atom. The maximum Gasteiger partial charge on any atom is 0.285 e. The highest BCUT2D eigenvalue weighted by Crippen LogP contribution is 2.27. The summed E-state index contributed by atoms with van der Waals surface area (Å²) in [4.78, 5) is 0. The summed E-state index contributed by atoms with van der Waals surface area (Å²) in [6.45, 7) is 17.8. The molecule has 0 aromatic heterocycles. The van der Waals surface area contributed by atoms with Crippen LogP contribution in [0.1, 0.15) is 107 Å². The van der Waals surface area contributed by atoms with Gasteiger partial charge in [-0.05, 0) is 53.4 Å². The number of rotatable bonds is 26. The second-order valence-corrected chi connectivity index (χ2v) is 7.99. The van der Waals surface area contributed by atoms with Gasteiger partial charge in [0.15, 0.2) is 26.2 Å². The van der Waals surface area contributed by atoms with Crippen LogP contribution in [0.15, 0.2) is 0 Å². The third-order valence-corrected chi connectivity index (χ3v) is 5.09. The van der Waals surface area contributed by atoms with Gasteiger partial charge in [0, 0.05) is 39.3 Å². The molecule has 0 saturated carbocycles. The van der Waals surface area contributed by atoms with Crippen LogP contribution in [0.5, 0.6) is 0 Å². The van der Waals surface area contributed by atoms with Gasteiger partial charge < -0.3 is 33.2 Å². The Morgan fingerprint density at radius 2 is 0.857 bits per heavy atom. The molecule has 0 fully saturated rings. The molecule has 2 atom stereocenters. The molecule has 9 heteroatoms. The van der Waals surface area contributed by atoms with E-state index in [0.717, 1.165) is 25.7 Å². The van der Waals surface area contributed by atoms with Crippen LogP contribution in [0.25, 0.3) is 0 Å². The Morgan fingerprint density at radius 1 is 0.514 bits per heavy atom. The van der Waals surface area contributed by atoms with E-state index in [9.17, 15) is 0 Å². The summed E-state index contributed by atoms with van der Waals surface area (Å²) < 4.78 is 52.9. The summed E-state index contributed by atoms with van der Waals surface area (Å²) in [5.41, 5.74) is 0. The Bertz CT molecular complexity index is 412. The molecular weight excluding hydrogens is 456 g/mol. The first kappa shape index (κ1) is 34.6. The molecule has 0 spiro atoms. The van der Waals surface area contributed by atoms with Crippen LogP contribution in [0.2, 0.25) is 0 Å². The fraction of sp³-hybridized carbons (Fsp3) is 1.00. The number of hydrogen-bond acceptors (Lipinski definition) is 9. The van der Waals surface area contributed by atoms with E-state index < -0.39 is 24.5 Å². The zero-order chi connectivity index (χ0) is 26.4. The van der Waals surface area contributed by atoms with Gasteiger partial charge in [-0.15, -0.1) is 0 Å². The Labute approximate surface area is 214 Å². The molecule has 35 heavy (non-hydrogen) atoms. The lowest BCUT2D eigenvalue weighted by Gasteiger charge is -2.36. The monoisotopic (exact) mass is 510 g/mol. The van der Waals surface area contributed by atoms with Crippen molar-refractivity contribution >= 4 is 0 Å². The number of hydrogen-bond donors (Lipinski definition) is 0. The highest BCUT2D eigenvalue weighted by Gasteiger charge is 2.36. The van der Waals surface area contributed by atoms with Gasteiger partial charge in [0.2, 0.25) is 0 Å². The average Bonchev–Trinajstić information content (AvgIpc) is 2.85. The van der Waals surface area contributed by atoms with Crippen LogP contribution in [-0.2, 0) is 42.6 Å². The minimum absolute atomic E-state index is 0.00501. The van der Waals surface area contributed by atoms with Gasteiger partial charge in [-0.25, -0.2) is 0 Å². The second kappa shape index (κ2) is 21.7.